The van der Waals surface area contributed by atoms with Crippen molar-refractivity contribution < 1.29 is 13.0 Å². The smallest absolute Gasteiger partial charge is 0.273 e. The molecule has 2 N–H and O–H groups in total. The molecule has 0 amide bonds. The van der Waals surface area contributed by atoms with E-state index in [4.69, 9.17) is 4.55 Å². The van der Waals surface area contributed by atoms with Crippen LogP contribution in [-0.4, -0.2) is 19.5 Å². The van der Waals surface area contributed by atoms with Crippen LogP contribution in [0.2, 0.25) is 0 Å². The average Bonchev–Trinajstić information content (AvgIpc) is 1.81. The Labute approximate surface area is 80.6 Å². The van der Waals surface area contributed by atoms with Gasteiger partial charge in [-0.1, -0.05) is 27.2 Å². The van der Waals surface area contributed by atoms with Gasteiger partial charge >= 0.3 is 10.3 Å². The normalized spacial score (nSPS) is 13.2. The van der Waals surface area contributed by atoms with E-state index in [-0.39, 0.29) is 5.41 Å². The molecule has 0 aromatic rings. The average molecular weight is 209 g/mol. The highest BCUT2D eigenvalue weighted by molar-refractivity contribution is 7.83. The molecule has 0 unspecified atom stereocenters. The molecule has 80 valence electrons. The Kier molecular flexibility index (Phi) is 4.88. The van der Waals surface area contributed by atoms with Crippen LogP contribution in [0.4, 0.5) is 0 Å². The minimum absolute atomic E-state index is 0.290. The summed E-state index contributed by atoms with van der Waals surface area (Å²) in [6.07, 6.45) is 2.78. The van der Waals surface area contributed by atoms with E-state index in [0.717, 1.165) is 19.3 Å². The van der Waals surface area contributed by atoms with Gasteiger partial charge in [-0.3, -0.25) is 4.55 Å². The third kappa shape index (κ3) is 11.9. The minimum atomic E-state index is -3.99. The van der Waals surface area contributed by atoms with Crippen molar-refractivity contribution in [1.82, 2.24) is 4.72 Å². The van der Waals surface area contributed by atoms with Crippen molar-refractivity contribution in [1.29, 1.82) is 0 Å². The lowest BCUT2D eigenvalue weighted by Gasteiger charge is -2.17. The van der Waals surface area contributed by atoms with Gasteiger partial charge in [-0.05, 0) is 18.3 Å². The molecule has 0 aliphatic rings. The van der Waals surface area contributed by atoms with E-state index in [0.29, 0.717) is 6.54 Å². The SMILES string of the molecule is CC(C)(C)CCCCNS(=O)(=O)O. The highest BCUT2D eigenvalue weighted by Crippen LogP contribution is 2.21. The molecule has 0 fully saturated rings. The van der Waals surface area contributed by atoms with Gasteiger partial charge in [-0.25, -0.2) is 0 Å². The molecule has 5 heteroatoms. The zero-order chi connectivity index (χ0) is 10.5. The van der Waals surface area contributed by atoms with Crippen LogP contribution in [-0.2, 0) is 10.3 Å². The van der Waals surface area contributed by atoms with Crippen molar-refractivity contribution in [3.63, 3.8) is 0 Å². The van der Waals surface area contributed by atoms with Crippen LogP contribution in [0.5, 0.6) is 0 Å². The molecule has 0 spiro atoms. The van der Waals surface area contributed by atoms with E-state index in [1.54, 1.807) is 0 Å². The Morgan fingerprint density at radius 3 is 2.15 bits per heavy atom. The Hall–Kier alpha value is -0.130. The first-order chi connectivity index (χ1) is 5.71. The van der Waals surface area contributed by atoms with Gasteiger partial charge in [-0.15, -0.1) is 0 Å². The lowest BCUT2D eigenvalue weighted by molar-refractivity contribution is 0.360. The highest BCUT2D eigenvalue weighted by Gasteiger charge is 2.09. The van der Waals surface area contributed by atoms with Crippen LogP contribution in [0.1, 0.15) is 40.0 Å². The largest absolute Gasteiger partial charge is 0.333 e. The number of hydrogen-bond donors (Lipinski definition) is 2. The van der Waals surface area contributed by atoms with Crippen LogP contribution in [0.25, 0.3) is 0 Å². The van der Waals surface area contributed by atoms with Crippen LogP contribution >= 0.6 is 0 Å². The predicted molar refractivity (Wildman–Crippen MR) is 52.9 cm³/mol. The Bertz CT molecular complexity index is 228. The third-order valence-electron chi connectivity index (χ3n) is 1.64. The van der Waals surface area contributed by atoms with Gasteiger partial charge in [0.15, 0.2) is 0 Å². The van der Waals surface area contributed by atoms with E-state index in [1.165, 1.54) is 0 Å². The first kappa shape index (κ1) is 12.9. The Morgan fingerprint density at radius 1 is 1.23 bits per heavy atom. The molecule has 0 rings (SSSR count). The van der Waals surface area contributed by atoms with E-state index in [1.807, 2.05) is 4.72 Å². The lowest BCUT2D eigenvalue weighted by atomic mass is 9.90. The van der Waals surface area contributed by atoms with E-state index < -0.39 is 10.3 Å². The van der Waals surface area contributed by atoms with Gasteiger partial charge in [0.05, 0.1) is 0 Å². The molecular formula is C8H19NO3S. The zero-order valence-corrected chi connectivity index (χ0v) is 9.32. The van der Waals surface area contributed by atoms with E-state index >= 15 is 0 Å². The molecule has 0 atom stereocenters. The number of unbranched alkanes of at least 4 members (excludes halogenated alkanes) is 1. The second kappa shape index (κ2) is 4.93. The first-order valence-electron chi connectivity index (χ1n) is 4.43. The summed E-state index contributed by atoms with van der Waals surface area (Å²) in [7, 11) is -3.99. The fraction of sp³-hybridized carbons (Fsp3) is 1.00. The van der Waals surface area contributed by atoms with Gasteiger partial charge in [0.2, 0.25) is 0 Å². The Morgan fingerprint density at radius 2 is 1.77 bits per heavy atom. The van der Waals surface area contributed by atoms with Crippen LogP contribution < -0.4 is 4.72 Å². The maximum absolute atomic E-state index is 10.2. The number of rotatable bonds is 5. The molecule has 0 aromatic carbocycles. The van der Waals surface area contributed by atoms with E-state index in [2.05, 4.69) is 20.8 Å². The fourth-order valence-corrected chi connectivity index (χ4v) is 1.38. The quantitative estimate of drug-likeness (QED) is 0.534. The molecule has 0 aromatic heterocycles. The maximum Gasteiger partial charge on any atom is 0.333 e. The van der Waals surface area contributed by atoms with Crippen molar-refractivity contribution in [3.8, 4) is 0 Å². The second-order valence-electron chi connectivity index (χ2n) is 4.39. The molecular weight excluding hydrogens is 190 g/mol. The maximum atomic E-state index is 10.2. The van der Waals surface area contributed by atoms with Gasteiger partial charge in [-0.2, -0.15) is 13.1 Å². The molecule has 13 heavy (non-hydrogen) atoms. The van der Waals surface area contributed by atoms with Crippen molar-refractivity contribution in [2.75, 3.05) is 6.54 Å². The standard InChI is InChI=1S/C8H19NO3S/c1-8(2,3)6-4-5-7-9-13(10,11)12/h9H,4-7H2,1-3H3,(H,10,11,12). The summed E-state index contributed by atoms with van der Waals surface area (Å²) in [5, 5.41) is 0. The minimum Gasteiger partial charge on any atom is -0.273 e. The van der Waals surface area contributed by atoms with Gasteiger partial charge in [0, 0.05) is 6.54 Å². The molecule has 0 saturated heterocycles. The van der Waals surface area contributed by atoms with Crippen LogP contribution in [0, 0.1) is 5.41 Å². The summed E-state index contributed by atoms with van der Waals surface area (Å²) >= 11 is 0. The van der Waals surface area contributed by atoms with Crippen molar-refractivity contribution in [2.24, 2.45) is 5.41 Å². The van der Waals surface area contributed by atoms with Crippen LogP contribution in [0.15, 0.2) is 0 Å². The summed E-state index contributed by atoms with van der Waals surface area (Å²) in [5.74, 6) is 0. The topological polar surface area (TPSA) is 66.4 Å². The second-order valence-corrected chi connectivity index (χ2v) is 5.63. The van der Waals surface area contributed by atoms with Crippen molar-refractivity contribution in [2.45, 2.75) is 40.0 Å². The number of nitrogens with one attached hydrogen (secondary N) is 1. The van der Waals surface area contributed by atoms with Crippen LogP contribution in [0.3, 0.4) is 0 Å². The highest BCUT2D eigenvalue weighted by atomic mass is 32.2. The molecule has 4 nitrogen and oxygen atoms in total. The lowest BCUT2D eigenvalue weighted by Crippen LogP contribution is -2.23. The van der Waals surface area contributed by atoms with Gasteiger partial charge < -0.3 is 0 Å². The Balaban J connectivity index is 3.39. The predicted octanol–water partition coefficient (Wildman–Crippen LogP) is 1.60. The zero-order valence-electron chi connectivity index (χ0n) is 8.50. The first-order valence-corrected chi connectivity index (χ1v) is 5.87. The summed E-state index contributed by atoms with van der Waals surface area (Å²) in [4.78, 5) is 0. The molecule has 0 aliphatic carbocycles. The molecule has 0 radical (unpaired) electrons. The molecule has 0 saturated carbocycles. The molecule has 0 aliphatic heterocycles. The summed E-state index contributed by atoms with van der Waals surface area (Å²) < 4.78 is 30.8. The summed E-state index contributed by atoms with van der Waals surface area (Å²) in [5.41, 5.74) is 0.290. The van der Waals surface area contributed by atoms with Crippen molar-refractivity contribution >= 4 is 10.3 Å². The fourth-order valence-electron chi connectivity index (χ4n) is 0.981. The third-order valence-corrected chi connectivity index (χ3v) is 2.21. The number of hydrogen-bond acceptors (Lipinski definition) is 2. The molecule has 0 heterocycles. The van der Waals surface area contributed by atoms with E-state index in [9.17, 15) is 8.42 Å². The molecule has 0 bridgehead atoms. The monoisotopic (exact) mass is 209 g/mol. The van der Waals surface area contributed by atoms with Crippen molar-refractivity contribution in [3.05, 3.63) is 0 Å². The summed E-state index contributed by atoms with van der Waals surface area (Å²) in [6, 6.07) is 0. The van der Waals surface area contributed by atoms with Gasteiger partial charge in [0.1, 0.15) is 0 Å². The van der Waals surface area contributed by atoms with Gasteiger partial charge in [0.25, 0.3) is 0 Å². The summed E-state index contributed by atoms with van der Waals surface area (Å²) in [6.45, 7) is 6.74.